The summed E-state index contributed by atoms with van der Waals surface area (Å²) in [5.74, 6) is 0.416. The van der Waals surface area contributed by atoms with Gasteiger partial charge in [0.15, 0.2) is 5.78 Å². The topological polar surface area (TPSA) is 82.6 Å². The van der Waals surface area contributed by atoms with Crippen LogP contribution in [0.3, 0.4) is 0 Å². The number of anilines is 3. The lowest BCUT2D eigenvalue weighted by atomic mass is 10.1. The number of fused-ring (bicyclic) bond motifs is 3. The van der Waals surface area contributed by atoms with Crippen molar-refractivity contribution in [1.29, 1.82) is 0 Å². The van der Waals surface area contributed by atoms with Crippen molar-refractivity contribution in [3.8, 4) is 10.4 Å². The Morgan fingerprint density at radius 3 is 2.51 bits per heavy atom. The first kappa shape index (κ1) is 25.7. The zero-order chi connectivity index (χ0) is 27.9. The fourth-order valence-corrected chi connectivity index (χ4v) is 6.68. The highest BCUT2D eigenvalue weighted by Crippen LogP contribution is 2.43. The second kappa shape index (κ2) is 10.6. The number of Topliss-reactive ketones (excluding diaryl/α,β-unsaturated/α-hetero) is 1. The minimum Gasteiger partial charge on any atom is -0.371 e. The predicted molar refractivity (Wildman–Crippen MR) is 162 cm³/mol. The fraction of sp³-hybridized carbons (Fsp3) is 0.273. The van der Waals surface area contributed by atoms with Crippen LogP contribution in [0.4, 0.5) is 17.1 Å². The minimum atomic E-state index is -0.283. The summed E-state index contributed by atoms with van der Waals surface area (Å²) in [4.78, 5) is 49.6. The van der Waals surface area contributed by atoms with Gasteiger partial charge in [-0.25, -0.2) is 0 Å². The molecule has 2 amide bonds. The number of thiophene rings is 1. The van der Waals surface area contributed by atoms with Gasteiger partial charge in [-0.3, -0.25) is 19.4 Å². The van der Waals surface area contributed by atoms with Gasteiger partial charge in [0.1, 0.15) is 5.69 Å². The summed E-state index contributed by atoms with van der Waals surface area (Å²) in [6.45, 7) is 2.52. The number of hydrogen-bond donors (Lipinski definition) is 1. The van der Waals surface area contributed by atoms with Crippen molar-refractivity contribution in [2.75, 3.05) is 34.8 Å². The molecule has 2 aliphatic heterocycles. The first-order valence-electron chi connectivity index (χ1n) is 14.2. The van der Waals surface area contributed by atoms with Crippen LogP contribution in [-0.2, 0) is 6.42 Å². The minimum absolute atomic E-state index is 0.0978. The number of hydrogen-bond acceptors (Lipinski definition) is 6. The third kappa shape index (κ3) is 5.15. The van der Waals surface area contributed by atoms with E-state index in [2.05, 4.69) is 15.2 Å². The molecule has 2 fully saturated rings. The van der Waals surface area contributed by atoms with Crippen molar-refractivity contribution in [2.24, 2.45) is 5.92 Å². The summed E-state index contributed by atoms with van der Waals surface area (Å²) >= 11 is 1.56. The van der Waals surface area contributed by atoms with E-state index in [-0.39, 0.29) is 17.6 Å². The summed E-state index contributed by atoms with van der Waals surface area (Å²) < 4.78 is 0. The average Bonchev–Trinajstić information content (AvgIpc) is 3.71. The molecule has 1 saturated carbocycles. The molecule has 8 heteroatoms. The first-order valence-corrected chi connectivity index (χ1v) is 15.0. The van der Waals surface area contributed by atoms with E-state index in [0.717, 1.165) is 64.6 Å². The van der Waals surface area contributed by atoms with Gasteiger partial charge in [-0.1, -0.05) is 18.2 Å². The Morgan fingerprint density at radius 2 is 1.76 bits per heavy atom. The third-order valence-electron chi connectivity index (χ3n) is 8.13. The molecule has 2 aromatic heterocycles. The second-order valence-electron chi connectivity index (χ2n) is 11.0. The summed E-state index contributed by atoms with van der Waals surface area (Å²) in [6.07, 6.45) is 6.47. The van der Waals surface area contributed by atoms with E-state index < -0.39 is 0 Å². The molecule has 2 aromatic carbocycles. The number of nitrogens with zero attached hydrogens (tertiary/aromatic N) is 3. The smallest absolute Gasteiger partial charge is 0.274 e. The number of pyridine rings is 1. The van der Waals surface area contributed by atoms with E-state index in [4.69, 9.17) is 0 Å². The molecule has 1 aliphatic carbocycles. The molecule has 0 spiro atoms. The molecule has 0 bridgehead atoms. The van der Waals surface area contributed by atoms with Crippen LogP contribution in [0.2, 0.25) is 0 Å². The Labute approximate surface area is 242 Å². The maximum Gasteiger partial charge on any atom is 0.274 e. The van der Waals surface area contributed by atoms with Gasteiger partial charge in [0, 0.05) is 59.6 Å². The lowest BCUT2D eigenvalue weighted by Crippen LogP contribution is -2.37. The number of rotatable bonds is 7. The average molecular weight is 563 g/mol. The standard InChI is InChI=1S/C33H30N4O3S/c38-29(18-21-6-7-21)30-19-23-13-17-37(28-5-2-1-4-26(28)31(23)41-30)33(40)22-8-10-24(11-9-22)35-32(39)27-20-25(12-14-34-27)36-15-3-16-36/h1-2,4-5,8-12,14,19-21H,3,6-7,13,15-18H2,(H,35,39). The SMILES string of the molecule is O=C(Nc1ccc(C(=O)N2CCc3cc(C(=O)CC4CC4)sc3-c3ccccc32)cc1)c1cc(N2CCC2)ccn1. The Kier molecular flexibility index (Phi) is 6.63. The fourth-order valence-electron chi connectivity index (χ4n) is 5.49. The summed E-state index contributed by atoms with van der Waals surface area (Å²) in [6, 6.07) is 20.7. The van der Waals surface area contributed by atoms with Crippen LogP contribution in [-0.4, -0.2) is 42.2 Å². The normalized spacial score (nSPS) is 15.8. The zero-order valence-corrected chi connectivity index (χ0v) is 23.5. The molecule has 1 saturated heterocycles. The van der Waals surface area contributed by atoms with Crippen LogP contribution in [0.25, 0.3) is 10.4 Å². The number of carbonyl (C=O) groups excluding carboxylic acids is 3. The molecule has 7 nitrogen and oxygen atoms in total. The molecule has 1 N–H and O–H groups in total. The first-order chi connectivity index (χ1) is 20.0. The van der Waals surface area contributed by atoms with Crippen LogP contribution >= 0.6 is 11.3 Å². The van der Waals surface area contributed by atoms with Crippen LogP contribution in [0.1, 0.15) is 61.8 Å². The summed E-state index contributed by atoms with van der Waals surface area (Å²) in [7, 11) is 0. The predicted octanol–water partition coefficient (Wildman–Crippen LogP) is 6.46. The van der Waals surface area contributed by atoms with Crippen LogP contribution in [0.15, 0.2) is 72.9 Å². The lowest BCUT2D eigenvalue weighted by molar-refractivity contribution is 0.0974. The monoisotopic (exact) mass is 562 g/mol. The van der Waals surface area contributed by atoms with Crippen LogP contribution in [0.5, 0.6) is 0 Å². The van der Waals surface area contributed by atoms with Crippen molar-refractivity contribution in [1.82, 2.24) is 4.98 Å². The van der Waals surface area contributed by atoms with Gasteiger partial charge in [-0.15, -0.1) is 11.3 Å². The van der Waals surface area contributed by atoms with Gasteiger partial charge in [-0.2, -0.15) is 0 Å². The molecule has 206 valence electrons. The number of para-hydroxylation sites is 1. The van der Waals surface area contributed by atoms with E-state index in [1.165, 1.54) is 0 Å². The van der Waals surface area contributed by atoms with E-state index >= 15 is 0 Å². The van der Waals surface area contributed by atoms with Crippen molar-refractivity contribution in [3.05, 3.63) is 94.6 Å². The molecule has 4 heterocycles. The van der Waals surface area contributed by atoms with Gasteiger partial charge < -0.3 is 15.1 Å². The van der Waals surface area contributed by atoms with E-state index in [1.807, 2.05) is 47.4 Å². The molecule has 0 unspecified atom stereocenters. The van der Waals surface area contributed by atoms with Gasteiger partial charge in [-0.05, 0) is 85.7 Å². The molecule has 41 heavy (non-hydrogen) atoms. The van der Waals surface area contributed by atoms with Gasteiger partial charge in [0.25, 0.3) is 11.8 Å². The third-order valence-corrected chi connectivity index (χ3v) is 9.38. The number of aromatic nitrogens is 1. The highest BCUT2D eigenvalue weighted by atomic mass is 32.1. The molecule has 4 aromatic rings. The van der Waals surface area contributed by atoms with Crippen LogP contribution in [0, 0.1) is 5.92 Å². The summed E-state index contributed by atoms with van der Waals surface area (Å²) in [5, 5.41) is 2.90. The highest BCUT2D eigenvalue weighted by Gasteiger charge is 2.30. The lowest BCUT2D eigenvalue weighted by Gasteiger charge is -2.33. The Bertz CT molecular complexity index is 1650. The van der Waals surface area contributed by atoms with E-state index in [9.17, 15) is 14.4 Å². The Balaban J connectivity index is 1.08. The van der Waals surface area contributed by atoms with Crippen molar-refractivity contribution < 1.29 is 14.4 Å². The maximum atomic E-state index is 13.8. The largest absolute Gasteiger partial charge is 0.371 e. The van der Waals surface area contributed by atoms with Gasteiger partial charge in [0.2, 0.25) is 0 Å². The van der Waals surface area contributed by atoms with Crippen molar-refractivity contribution in [2.45, 2.75) is 32.1 Å². The molecular formula is C33H30N4O3S. The quantitative estimate of drug-likeness (QED) is 0.262. The number of nitrogens with one attached hydrogen (secondary N) is 1. The zero-order valence-electron chi connectivity index (χ0n) is 22.6. The highest BCUT2D eigenvalue weighted by molar-refractivity contribution is 7.17. The number of carbonyl (C=O) groups is 3. The molecule has 0 radical (unpaired) electrons. The molecule has 0 atom stereocenters. The number of ketones is 1. The van der Waals surface area contributed by atoms with Gasteiger partial charge >= 0.3 is 0 Å². The number of benzene rings is 2. The van der Waals surface area contributed by atoms with Crippen LogP contribution < -0.4 is 15.1 Å². The maximum absolute atomic E-state index is 13.8. The Hall–Kier alpha value is -4.30. The van der Waals surface area contributed by atoms with Crippen molar-refractivity contribution in [3.63, 3.8) is 0 Å². The van der Waals surface area contributed by atoms with E-state index in [1.54, 1.807) is 41.8 Å². The molecular weight excluding hydrogens is 532 g/mol. The molecule has 7 rings (SSSR count). The van der Waals surface area contributed by atoms with Crippen molar-refractivity contribution >= 4 is 46.0 Å². The molecule has 3 aliphatic rings. The number of amides is 2. The second-order valence-corrected chi connectivity index (χ2v) is 12.1. The Morgan fingerprint density at radius 1 is 0.951 bits per heavy atom. The summed E-state index contributed by atoms with van der Waals surface area (Å²) in [5.41, 5.74) is 5.48. The van der Waals surface area contributed by atoms with E-state index in [0.29, 0.717) is 42.2 Å². The van der Waals surface area contributed by atoms with Gasteiger partial charge in [0.05, 0.1) is 10.6 Å².